The average Bonchev–Trinajstić information content (AvgIpc) is 2.82. The summed E-state index contributed by atoms with van der Waals surface area (Å²) in [4.78, 5) is 5.04. The molecule has 90 valence electrons. The fraction of sp³-hybridized carbons (Fsp3) is 0.250. The molecule has 0 aliphatic rings. The van der Waals surface area contributed by atoms with Crippen LogP contribution in [0.1, 0.15) is 16.5 Å². The predicted molar refractivity (Wildman–Crippen MR) is 65.2 cm³/mol. The van der Waals surface area contributed by atoms with E-state index in [1.54, 1.807) is 41.2 Å². The molecule has 1 atom stereocenters. The Labute approximate surface area is 103 Å². The van der Waals surface area contributed by atoms with Crippen LogP contribution in [0.3, 0.4) is 0 Å². The van der Waals surface area contributed by atoms with Crippen molar-refractivity contribution in [3.63, 3.8) is 0 Å². The van der Waals surface area contributed by atoms with Gasteiger partial charge in [-0.1, -0.05) is 18.2 Å². The SMILES string of the molecule is OC(CNCc1cncs1)c1ccccc1F. The van der Waals surface area contributed by atoms with E-state index in [0.29, 0.717) is 18.7 Å². The highest BCUT2D eigenvalue weighted by molar-refractivity contribution is 7.09. The van der Waals surface area contributed by atoms with Crippen molar-refractivity contribution in [1.29, 1.82) is 0 Å². The van der Waals surface area contributed by atoms with Crippen molar-refractivity contribution in [3.05, 3.63) is 52.2 Å². The van der Waals surface area contributed by atoms with Gasteiger partial charge in [0.1, 0.15) is 5.82 Å². The highest BCUT2D eigenvalue weighted by Gasteiger charge is 2.11. The number of rotatable bonds is 5. The Morgan fingerprint density at radius 1 is 1.41 bits per heavy atom. The molecule has 0 fully saturated rings. The molecule has 0 aliphatic heterocycles. The van der Waals surface area contributed by atoms with Crippen LogP contribution in [0.5, 0.6) is 0 Å². The van der Waals surface area contributed by atoms with E-state index in [4.69, 9.17) is 0 Å². The Morgan fingerprint density at radius 2 is 2.24 bits per heavy atom. The third kappa shape index (κ3) is 3.33. The molecule has 1 aromatic heterocycles. The van der Waals surface area contributed by atoms with E-state index in [1.165, 1.54) is 6.07 Å². The van der Waals surface area contributed by atoms with Gasteiger partial charge in [0, 0.05) is 29.7 Å². The number of halogens is 1. The highest BCUT2D eigenvalue weighted by Crippen LogP contribution is 2.15. The lowest BCUT2D eigenvalue weighted by molar-refractivity contribution is 0.170. The summed E-state index contributed by atoms with van der Waals surface area (Å²) >= 11 is 1.54. The Bertz CT molecular complexity index is 461. The van der Waals surface area contributed by atoms with Crippen molar-refractivity contribution < 1.29 is 9.50 Å². The van der Waals surface area contributed by atoms with Crippen molar-refractivity contribution in [2.24, 2.45) is 0 Å². The van der Waals surface area contributed by atoms with Crippen molar-refractivity contribution >= 4 is 11.3 Å². The van der Waals surface area contributed by atoms with E-state index in [1.807, 2.05) is 0 Å². The smallest absolute Gasteiger partial charge is 0.129 e. The molecule has 0 saturated carbocycles. The molecule has 1 unspecified atom stereocenters. The molecule has 0 saturated heterocycles. The van der Waals surface area contributed by atoms with Gasteiger partial charge in [0.05, 0.1) is 11.6 Å². The molecule has 1 heterocycles. The zero-order valence-electron chi connectivity index (χ0n) is 9.14. The number of hydrogen-bond acceptors (Lipinski definition) is 4. The van der Waals surface area contributed by atoms with Gasteiger partial charge in [-0.05, 0) is 6.07 Å². The molecule has 5 heteroatoms. The fourth-order valence-electron chi connectivity index (χ4n) is 1.52. The lowest BCUT2D eigenvalue weighted by Crippen LogP contribution is -2.21. The number of hydrogen-bond donors (Lipinski definition) is 2. The summed E-state index contributed by atoms with van der Waals surface area (Å²) in [6, 6.07) is 6.26. The highest BCUT2D eigenvalue weighted by atomic mass is 32.1. The first-order valence-electron chi connectivity index (χ1n) is 5.28. The average molecular weight is 252 g/mol. The maximum atomic E-state index is 13.3. The van der Waals surface area contributed by atoms with Crippen LogP contribution in [0.4, 0.5) is 4.39 Å². The molecule has 1 aromatic carbocycles. The van der Waals surface area contributed by atoms with Gasteiger partial charge in [0.25, 0.3) is 0 Å². The minimum absolute atomic E-state index is 0.318. The zero-order chi connectivity index (χ0) is 12.1. The molecular weight excluding hydrogens is 239 g/mol. The number of thiazole rings is 1. The van der Waals surface area contributed by atoms with E-state index in [0.717, 1.165) is 4.88 Å². The lowest BCUT2D eigenvalue weighted by atomic mass is 10.1. The summed E-state index contributed by atoms with van der Waals surface area (Å²) in [5.74, 6) is -0.375. The Kier molecular flexibility index (Phi) is 4.19. The summed E-state index contributed by atoms with van der Waals surface area (Å²) in [5, 5.41) is 12.9. The van der Waals surface area contributed by atoms with Crippen molar-refractivity contribution in [1.82, 2.24) is 10.3 Å². The van der Waals surface area contributed by atoms with Crippen LogP contribution >= 0.6 is 11.3 Å². The van der Waals surface area contributed by atoms with Gasteiger partial charge >= 0.3 is 0 Å². The van der Waals surface area contributed by atoms with Gasteiger partial charge in [0.2, 0.25) is 0 Å². The van der Waals surface area contributed by atoms with Crippen LogP contribution in [0.2, 0.25) is 0 Å². The fourth-order valence-corrected chi connectivity index (χ4v) is 2.08. The largest absolute Gasteiger partial charge is 0.387 e. The predicted octanol–water partition coefficient (Wildman–Crippen LogP) is 2.11. The van der Waals surface area contributed by atoms with E-state index in [2.05, 4.69) is 10.3 Å². The molecule has 3 nitrogen and oxygen atoms in total. The van der Waals surface area contributed by atoms with E-state index in [-0.39, 0.29) is 5.82 Å². The van der Waals surface area contributed by atoms with Crippen LogP contribution in [-0.4, -0.2) is 16.6 Å². The summed E-state index contributed by atoms with van der Waals surface area (Å²) in [7, 11) is 0. The second-order valence-corrected chi connectivity index (χ2v) is 4.61. The molecular formula is C12H13FN2OS. The third-order valence-corrected chi connectivity index (χ3v) is 3.16. The van der Waals surface area contributed by atoms with Crippen LogP contribution in [0, 0.1) is 5.82 Å². The first kappa shape index (κ1) is 12.2. The lowest BCUT2D eigenvalue weighted by Gasteiger charge is -2.12. The summed E-state index contributed by atoms with van der Waals surface area (Å²) in [6.07, 6.45) is 0.941. The number of aromatic nitrogens is 1. The first-order valence-corrected chi connectivity index (χ1v) is 6.16. The number of nitrogens with zero attached hydrogens (tertiary/aromatic N) is 1. The quantitative estimate of drug-likeness (QED) is 0.856. The topological polar surface area (TPSA) is 45.1 Å². The van der Waals surface area contributed by atoms with Crippen LogP contribution in [0.25, 0.3) is 0 Å². The Morgan fingerprint density at radius 3 is 2.94 bits per heavy atom. The second kappa shape index (κ2) is 5.86. The maximum absolute atomic E-state index is 13.3. The Balaban J connectivity index is 1.85. The molecule has 2 rings (SSSR count). The van der Waals surface area contributed by atoms with Crippen molar-refractivity contribution in [3.8, 4) is 0 Å². The summed E-state index contributed by atoms with van der Waals surface area (Å²) < 4.78 is 13.3. The van der Waals surface area contributed by atoms with Crippen LogP contribution in [0.15, 0.2) is 36.0 Å². The molecule has 0 spiro atoms. The molecule has 0 aliphatic carbocycles. The number of nitrogens with one attached hydrogen (secondary N) is 1. The van der Waals surface area contributed by atoms with Gasteiger partial charge < -0.3 is 10.4 Å². The zero-order valence-corrected chi connectivity index (χ0v) is 9.95. The van der Waals surface area contributed by atoms with E-state index in [9.17, 15) is 9.50 Å². The first-order chi connectivity index (χ1) is 8.27. The molecule has 2 aromatic rings. The molecule has 0 amide bonds. The van der Waals surface area contributed by atoms with Crippen molar-refractivity contribution in [2.45, 2.75) is 12.6 Å². The third-order valence-electron chi connectivity index (χ3n) is 2.38. The Hall–Kier alpha value is -1.30. The van der Waals surface area contributed by atoms with Gasteiger partial charge in [-0.2, -0.15) is 0 Å². The monoisotopic (exact) mass is 252 g/mol. The van der Waals surface area contributed by atoms with Gasteiger partial charge in [-0.25, -0.2) is 4.39 Å². The minimum atomic E-state index is -0.830. The maximum Gasteiger partial charge on any atom is 0.129 e. The molecule has 2 N–H and O–H groups in total. The van der Waals surface area contributed by atoms with E-state index < -0.39 is 6.10 Å². The number of benzene rings is 1. The summed E-state index contributed by atoms with van der Waals surface area (Å²) in [5.41, 5.74) is 2.08. The standard InChI is InChI=1S/C12H13FN2OS/c13-11-4-2-1-3-10(11)12(16)7-14-5-9-6-15-8-17-9/h1-4,6,8,12,14,16H,5,7H2. The molecule has 0 radical (unpaired) electrons. The number of aliphatic hydroxyl groups is 1. The second-order valence-electron chi connectivity index (χ2n) is 3.64. The number of aliphatic hydroxyl groups excluding tert-OH is 1. The minimum Gasteiger partial charge on any atom is -0.387 e. The van der Waals surface area contributed by atoms with Gasteiger partial charge in [0.15, 0.2) is 0 Å². The van der Waals surface area contributed by atoms with Crippen LogP contribution < -0.4 is 5.32 Å². The van der Waals surface area contributed by atoms with Crippen LogP contribution in [-0.2, 0) is 6.54 Å². The molecule has 17 heavy (non-hydrogen) atoms. The van der Waals surface area contributed by atoms with Gasteiger partial charge in [-0.15, -0.1) is 11.3 Å². The van der Waals surface area contributed by atoms with E-state index >= 15 is 0 Å². The summed E-state index contributed by atoms with van der Waals surface area (Å²) in [6.45, 7) is 0.953. The molecule has 0 bridgehead atoms. The van der Waals surface area contributed by atoms with Gasteiger partial charge in [-0.3, -0.25) is 4.98 Å². The van der Waals surface area contributed by atoms with Crippen molar-refractivity contribution in [2.75, 3.05) is 6.54 Å². The normalized spacial score (nSPS) is 12.6.